The zero-order valence-electron chi connectivity index (χ0n) is 27.3. The van der Waals surface area contributed by atoms with Crippen LogP contribution in [0.25, 0.3) is 76.5 Å². The lowest BCUT2D eigenvalue weighted by Crippen LogP contribution is -2.09. The standard InChI is InChI=1S/C48H31NO/c1-2-8-32(9-3-1)36-16-17-38-27-39(19-18-37(38)26-36)40-15-14-34-21-23-43(30-41(34)28-40)49(42-22-20-33-10-4-5-11-35(33)29-42)44-24-25-46-45-12-6-7-13-47(45)50-48(46)31-44/h1-31H. The molecule has 0 aliphatic heterocycles. The average molecular weight is 638 g/mol. The van der Waals surface area contributed by atoms with Crippen molar-refractivity contribution >= 4 is 71.3 Å². The average Bonchev–Trinajstić information content (AvgIpc) is 3.55. The topological polar surface area (TPSA) is 16.4 Å². The molecule has 0 spiro atoms. The van der Waals surface area contributed by atoms with Gasteiger partial charge in [0, 0.05) is 33.9 Å². The maximum atomic E-state index is 6.35. The van der Waals surface area contributed by atoms with Crippen LogP contribution in [-0.4, -0.2) is 0 Å². The predicted octanol–water partition coefficient (Wildman–Crippen LogP) is 13.8. The van der Waals surface area contributed by atoms with Crippen LogP contribution in [0.15, 0.2) is 192 Å². The summed E-state index contributed by atoms with van der Waals surface area (Å²) in [6.45, 7) is 0. The van der Waals surface area contributed by atoms with Gasteiger partial charge in [-0.3, -0.25) is 0 Å². The summed E-state index contributed by atoms with van der Waals surface area (Å²) in [5.74, 6) is 0. The van der Waals surface area contributed by atoms with Gasteiger partial charge in [0.1, 0.15) is 11.2 Å². The molecule has 0 saturated carbocycles. The normalized spacial score (nSPS) is 11.6. The van der Waals surface area contributed by atoms with E-state index in [-0.39, 0.29) is 0 Å². The second-order valence-electron chi connectivity index (χ2n) is 13.0. The summed E-state index contributed by atoms with van der Waals surface area (Å²) >= 11 is 0. The fourth-order valence-electron chi connectivity index (χ4n) is 7.40. The highest BCUT2D eigenvalue weighted by atomic mass is 16.3. The Morgan fingerprint density at radius 3 is 1.52 bits per heavy atom. The second kappa shape index (κ2) is 11.5. The molecule has 9 aromatic carbocycles. The molecule has 0 atom stereocenters. The minimum absolute atomic E-state index is 0.879. The zero-order valence-corrected chi connectivity index (χ0v) is 27.3. The van der Waals surface area contributed by atoms with E-state index >= 15 is 0 Å². The van der Waals surface area contributed by atoms with Crippen molar-refractivity contribution in [3.63, 3.8) is 0 Å². The van der Waals surface area contributed by atoms with E-state index in [1.54, 1.807) is 0 Å². The van der Waals surface area contributed by atoms with Gasteiger partial charge in [-0.2, -0.15) is 0 Å². The lowest BCUT2D eigenvalue weighted by atomic mass is 9.96. The van der Waals surface area contributed by atoms with Gasteiger partial charge in [-0.25, -0.2) is 0 Å². The van der Waals surface area contributed by atoms with Gasteiger partial charge in [0.25, 0.3) is 0 Å². The van der Waals surface area contributed by atoms with Crippen molar-refractivity contribution < 1.29 is 4.42 Å². The Kier molecular flexibility index (Phi) is 6.53. The minimum atomic E-state index is 0.879. The van der Waals surface area contributed by atoms with Gasteiger partial charge >= 0.3 is 0 Å². The van der Waals surface area contributed by atoms with E-state index < -0.39 is 0 Å². The predicted molar refractivity (Wildman–Crippen MR) is 212 cm³/mol. The smallest absolute Gasteiger partial charge is 0.137 e. The third-order valence-corrected chi connectivity index (χ3v) is 9.97. The Balaban J connectivity index is 1.08. The molecule has 0 bridgehead atoms. The highest BCUT2D eigenvalue weighted by molar-refractivity contribution is 6.06. The van der Waals surface area contributed by atoms with Gasteiger partial charge in [-0.1, -0.05) is 121 Å². The minimum Gasteiger partial charge on any atom is -0.456 e. The van der Waals surface area contributed by atoms with Crippen molar-refractivity contribution in [2.45, 2.75) is 0 Å². The molecule has 0 aliphatic carbocycles. The molecule has 1 aromatic heterocycles. The van der Waals surface area contributed by atoms with E-state index in [0.29, 0.717) is 0 Å². The third-order valence-electron chi connectivity index (χ3n) is 9.97. The van der Waals surface area contributed by atoms with Crippen LogP contribution < -0.4 is 4.90 Å². The Morgan fingerprint density at radius 1 is 0.280 bits per heavy atom. The Bertz CT molecular complexity index is 2880. The Labute approximate surface area is 290 Å². The monoisotopic (exact) mass is 637 g/mol. The van der Waals surface area contributed by atoms with Crippen LogP contribution in [0.5, 0.6) is 0 Å². The molecular formula is C48H31NO. The number of rotatable bonds is 5. The van der Waals surface area contributed by atoms with Gasteiger partial charge in [0.05, 0.1) is 0 Å². The summed E-state index contributed by atoms with van der Waals surface area (Å²) in [7, 11) is 0. The van der Waals surface area contributed by atoms with E-state index in [2.05, 4.69) is 181 Å². The highest BCUT2D eigenvalue weighted by Crippen LogP contribution is 2.41. The van der Waals surface area contributed by atoms with E-state index in [0.717, 1.165) is 39.0 Å². The van der Waals surface area contributed by atoms with Crippen molar-refractivity contribution in [1.29, 1.82) is 0 Å². The molecule has 0 N–H and O–H groups in total. The third kappa shape index (κ3) is 4.89. The molecule has 50 heavy (non-hydrogen) atoms. The Hall–Kier alpha value is -6.64. The van der Waals surface area contributed by atoms with Crippen molar-refractivity contribution in [2.24, 2.45) is 0 Å². The van der Waals surface area contributed by atoms with E-state index in [9.17, 15) is 0 Å². The quantitative estimate of drug-likeness (QED) is 0.187. The molecular weight excluding hydrogens is 607 g/mol. The Morgan fingerprint density at radius 2 is 0.760 bits per heavy atom. The van der Waals surface area contributed by atoms with E-state index in [1.165, 1.54) is 54.6 Å². The lowest BCUT2D eigenvalue weighted by Gasteiger charge is -2.26. The van der Waals surface area contributed by atoms with Crippen LogP contribution in [0.3, 0.4) is 0 Å². The number of hydrogen-bond donors (Lipinski definition) is 0. The van der Waals surface area contributed by atoms with E-state index in [4.69, 9.17) is 4.42 Å². The summed E-state index contributed by atoms with van der Waals surface area (Å²) in [4.78, 5) is 2.34. The van der Waals surface area contributed by atoms with Crippen molar-refractivity contribution in [1.82, 2.24) is 0 Å². The first-order valence-corrected chi connectivity index (χ1v) is 17.1. The highest BCUT2D eigenvalue weighted by Gasteiger charge is 2.17. The zero-order chi connectivity index (χ0) is 33.0. The molecule has 0 fully saturated rings. The molecule has 0 unspecified atom stereocenters. The molecule has 2 nitrogen and oxygen atoms in total. The summed E-state index contributed by atoms with van der Waals surface area (Å²) in [6, 6.07) is 67.7. The number of anilines is 3. The van der Waals surface area contributed by atoms with Crippen LogP contribution in [0.4, 0.5) is 17.1 Å². The molecule has 0 amide bonds. The maximum absolute atomic E-state index is 6.35. The fraction of sp³-hybridized carbons (Fsp3) is 0. The van der Waals surface area contributed by atoms with Crippen LogP contribution >= 0.6 is 0 Å². The number of furan rings is 1. The summed E-state index contributed by atoms with van der Waals surface area (Å²) in [5, 5.41) is 9.55. The molecule has 2 heteroatoms. The molecule has 0 aliphatic rings. The molecule has 0 saturated heterocycles. The van der Waals surface area contributed by atoms with Gasteiger partial charge < -0.3 is 9.32 Å². The van der Waals surface area contributed by atoms with Crippen molar-refractivity contribution in [3.8, 4) is 22.3 Å². The maximum Gasteiger partial charge on any atom is 0.137 e. The second-order valence-corrected chi connectivity index (χ2v) is 13.0. The summed E-state index contributed by atoms with van der Waals surface area (Å²) in [6.07, 6.45) is 0. The number of nitrogens with zero attached hydrogens (tertiary/aromatic N) is 1. The SMILES string of the molecule is c1ccc(-c2ccc3cc(-c4ccc5ccc(N(c6ccc7ccccc7c6)c6ccc7c(c6)oc6ccccc67)cc5c4)ccc3c2)cc1. The first-order valence-electron chi connectivity index (χ1n) is 17.1. The van der Waals surface area contributed by atoms with Crippen LogP contribution in [0.1, 0.15) is 0 Å². The molecule has 234 valence electrons. The van der Waals surface area contributed by atoms with Gasteiger partial charge in [-0.05, 0) is 115 Å². The summed E-state index contributed by atoms with van der Waals surface area (Å²) < 4.78 is 6.35. The number of fused-ring (bicyclic) bond motifs is 6. The summed E-state index contributed by atoms with van der Waals surface area (Å²) in [5.41, 5.74) is 9.89. The largest absolute Gasteiger partial charge is 0.456 e. The van der Waals surface area contributed by atoms with Crippen LogP contribution in [-0.2, 0) is 0 Å². The van der Waals surface area contributed by atoms with Crippen molar-refractivity contribution in [2.75, 3.05) is 4.90 Å². The van der Waals surface area contributed by atoms with Crippen LogP contribution in [0, 0.1) is 0 Å². The van der Waals surface area contributed by atoms with Crippen molar-refractivity contribution in [3.05, 3.63) is 188 Å². The van der Waals surface area contributed by atoms with Crippen LogP contribution in [0.2, 0.25) is 0 Å². The fourth-order valence-corrected chi connectivity index (χ4v) is 7.40. The van der Waals surface area contributed by atoms with Gasteiger partial charge in [0.15, 0.2) is 0 Å². The number of para-hydroxylation sites is 1. The first kappa shape index (κ1) is 28.4. The first-order chi connectivity index (χ1) is 24.7. The van der Waals surface area contributed by atoms with Gasteiger partial charge in [-0.15, -0.1) is 0 Å². The van der Waals surface area contributed by atoms with E-state index in [1.807, 2.05) is 12.1 Å². The number of hydrogen-bond acceptors (Lipinski definition) is 2. The lowest BCUT2D eigenvalue weighted by molar-refractivity contribution is 0.669. The molecule has 1 heterocycles. The number of benzene rings is 9. The van der Waals surface area contributed by atoms with Gasteiger partial charge in [0.2, 0.25) is 0 Å². The molecule has 10 rings (SSSR count). The molecule has 0 radical (unpaired) electrons. The molecule has 10 aromatic rings.